The zero-order chi connectivity index (χ0) is 20.7. The van der Waals surface area contributed by atoms with Gasteiger partial charge in [-0.1, -0.05) is 24.6 Å². The lowest BCUT2D eigenvalue weighted by Crippen LogP contribution is -2.37. The van der Waals surface area contributed by atoms with Crippen LogP contribution in [-0.2, 0) is 14.8 Å². The molecule has 0 unspecified atom stereocenters. The smallest absolute Gasteiger partial charge is 0.264 e. The second kappa shape index (κ2) is 9.82. The zero-order valence-electron chi connectivity index (χ0n) is 15.8. The Kier molecular flexibility index (Phi) is 7.18. The number of para-hydroxylation sites is 1. The Morgan fingerprint density at radius 1 is 1.00 bits per heavy atom. The molecule has 154 valence electrons. The summed E-state index contributed by atoms with van der Waals surface area (Å²) in [5, 5.41) is 5.50. The Labute approximate surface area is 176 Å². The van der Waals surface area contributed by atoms with Crippen molar-refractivity contribution < 1.29 is 17.9 Å². The number of benzene rings is 2. The van der Waals surface area contributed by atoms with Crippen molar-refractivity contribution in [3.63, 3.8) is 0 Å². The Bertz CT molecular complexity index is 941. The van der Waals surface area contributed by atoms with Crippen LogP contribution < -0.4 is 15.4 Å². The Balaban J connectivity index is 1.51. The van der Waals surface area contributed by atoms with Crippen molar-refractivity contribution in [2.45, 2.75) is 24.2 Å². The lowest BCUT2D eigenvalue weighted by atomic mass is 10.2. The van der Waals surface area contributed by atoms with Gasteiger partial charge in [0, 0.05) is 18.8 Å². The van der Waals surface area contributed by atoms with Crippen molar-refractivity contribution >= 4 is 38.9 Å². The molecule has 2 N–H and O–H groups in total. The second-order valence-electron chi connectivity index (χ2n) is 6.59. The van der Waals surface area contributed by atoms with Crippen molar-refractivity contribution in [3.8, 4) is 5.75 Å². The van der Waals surface area contributed by atoms with Gasteiger partial charge in [-0.05, 0) is 61.5 Å². The van der Waals surface area contributed by atoms with Gasteiger partial charge in [-0.25, -0.2) is 8.42 Å². The second-order valence-corrected chi connectivity index (χ2v) is 8.94. The summed E-state index contributed by atoms with van der Waals surface area (Å²) in [5.74, 6) is 0.197. The highest BCUT2D eigenvalue weighted by atomic mass is 32.2. The third-order valence-electron chi connectivity index (χ3n) is 4.43. The van der Waals surface area contributed by atoms with Gasteiger partial charge in [-0.15, -0.1) is 0 Å². The summed E-state index contributed by atoms with van der Waals surface area (Å²) in [4.78, 5) is 12.2. The Morgan fingerprint density at radius 3 is 2.31 bits per heavy atom. The summed E-state index contributed by atoms with van der Waals surface area (Å²) in [6.45, 7) is 0.950. The fourth-order valence-electron chi connectivity index (χ4n) is 2.96. The van der Waals surface area contributed by atoms with Crippen LogP contribution >= 0.6 is 12.2 Å². The maximum Gasteiger partial charge on any atom is 0.264 e. The minimum atomic E-state index is -3.47. The molecule has 0 atom stereocenters. The SMILES string of the molecule is O=C(COc1ccccc1)NC(=S)Nc1ccc(S(=O)(=O)N2CCCCC2)cc1. The number of hydrogen-bond acceptors (Lipinski definition) is 5. The van der Waals surface area contributed by atoms with Crippen molar-refractivity contribution in [3.05, 3.63) is 54.6 Å². The fourth-order valence-corrected chi connectivity index (χ4v) is 4.70. The highest BCUT2D eigenvalue weighted by Crippen LogP contribution is 2.22. The quantitative estimate of drug-likeness (QED) is 0.681. The van der Waals surface area contributed by atoms with Crippen LogP contribution in [0.2, 0.25) is 0 Å². The zero-order valence-corrected chi connectivity index (χ0v) is 17.5. The summed E-state index contributed by atoms with van der Waals surface area (Å²) >= 11 is 5.13. The Hall–Kier alpha value is -2.49. The van der Waals surface area contributed by atoms with Crippen molar-refractivity contribution in [1.82, 2.24) is 9.62 Å². The molecule has 2 aromatic rings. The van der Waals surface area contributed by atoms with Gasteiger partial charge in [0.15, 0.2) is 11.7 Å². The number of carbonyl (C=O) groups excluding carboxylic acids is 1. The van der Waals surface area contributed by atoms with Gasteiger partial charge >= 0.3 is 0 Å². The van der Waals surface area contributed by atoms with E-state index in [1.54, 1.807) is 24.3 Å². The summed E-state index contributed by atoms with van der Waals surface area (Å²) in [6, 6.07) is 15.3. The van der Waals surface area contributed by atoms with Crippen LogP contribution in [-0.4, -0.2) is 43.4 Å². The monoisotopic (exact) mass is 433 g/mol. The van der Waals surface area contributed by atoms with E-state index in [2.05, 4.69) is 10.6 Å². The number of amides is 1. The van der Waals surface area contributed by atoms with E-state index in [9.17, 15) is 13.2 Å². The minimum absolute atomic E-state index is 0.110. The molecule has 0 aliphatic carbocycles. The number of carbonyl (C=O) groups is 1. The van der Waals surface area contributed by atoms with E-state index in [1.165, 1.54) is 16.4 Å². The number of rotatable bonds is 6. The third kappa shape index (κ3) is 5.99. The van der Waals surface area contributed by atoms with Crippen LogP contribution in [0, 0.1) is 0 Å². The van der Waals surface area contributed by atoms with Crippen molar-refractivity contribution in [2.75, 3.05) is 25.0 Å². The normalized spacial score (nSPS) is 14.8. The van der Waals surface area contributed by atoms with Gasteiger partial charge in [0.05, 0.1) is 4.90 Å². The topological polar surface area (TPSA) is 87.7 Å². The number of nitrogens with zero attached hydrogens (tertiary/aromatic N) is 1. The maximum atomic E-state index is 12.7. The molecule has 2 aromatic carbocycles. The first kappa shape index (κ1) is 21.2. The number of ether oxygens (including phenoxy) is 1. The van der Waals surface area contributed by atoms with E-state index >= 15 is 0 Å². The summed E-state index contributed by atoms with van der Waals surface area (Å²) in [7, 11) is -3.47. The van der Waals surface area contributed by atoms with Gasteiger partial charge in [0.2, 0.25) is 10.0 Å². The van der Waals surface area contributed by atoms with Crippen LogP contribution in [0.5, 0.6) is 5.75 Å². The standard InChI is InChI=1S/C20H23N3O4S2/c24-19(15-27-17-7-3-1-4-8-17)22-20(28)21-16-9-11-18(12-10-16)29(25,26)23-13-5-2-6-14-23/h1,3-4,7-12H,2,5-6,13-15H2,(H2,21,22,24,28). The molecule has 0 radical (unpaired) electrons. The molecule has 29 heavy (non-hydrogen) atoms. The number of anilines is 1. The lowest BCUT2D eigenvalue weighted by molar-refractivity contribution is -0.121. The summed E-state index contributed by atoms with van der Waals surface area (Å²) in [5.41, 5.74) is 0.580. The highest BCUT2D eigenvalue weighted by Gasteiger charge is 2.25. The molecule has 1 amide bonds. The first-order valence-corrected chi connectivity index (χ1v) is 11.2. The van der Waals surface area contributed by atoms with Gasteiger partial charge in [-0.3, -0.25) is 10.1 Å². The highest BCUT2D eigenvalue weighted by molar-refractivity contribution is 7.89. The van der Waals surface area contributed by atoms with E-state index < -0.39 is 15.9 Å². The molecule has 3 rings (SSSR count). The lowest BCUT2D eigenvalue weighted by Gasteiger charge is -2.25. The van der Waals surface area contributed by atoms with Gasteiger partial charge in [0.1, 0.15) is 5.75 Å². The van der Waals surface area contributed by atoms with E-state index in [0.29, 0.717) is 24.5 Å². The molecule has 1 fully saturated rings. The summed E-state index contributed by atoms with van der Waals surface area (Å²) in [6.07, 6.45) is 2.84. The number of sulfonamides is 1. The fraction of sp³-hybridized carbons (Fsp3) is 0.300. The maximum absolute atomic E-state index is 12.7. The number of nitrogens with one attached hydrogen (secondary N) is 2. The molecule has 7 nitrogen and oxygen atoms in total. The molecule has 1 aliphatic rings. The number of thiocarbonyl (C=S) groups is 1. The van der Waals surface area contributed by atoms with Crippen molar-refractivity contribution in [1.29, 1.82) is 0 Å². The summed E-state index contributed by atoms with van der Waals surface area (Å²) < 4.78 is 32.2. The van der Waals surface area contributed by atoms with Crippen LogP contribution in [0.25, 0.3) is 0 Å². The predicted octanol–water partition coefficient (Wildman–Crippen LogP) is 2.75. The van der Waals surface area contributed by atoms with Crippen LogP contribution in [0.4, 0.5) is 5.69 Å². The van der Waals surface area contributed by atoms with E-state index in [0.717, 1.165) is 19.3 Å². The van der Waals surface area contributed by atoms with E-state index in [1.807, 2.05) is 18.2 Å². The molecule has 0 aromatic heterocycles. The van der Waals surface area contributed by atoms with Crippen molar-refractivity contribution in [2.24, 2.45) is 0 Å². The molecule has 0 spiro atoms. The molecule has 1 heterocycles. The van der Waals surface area contributed by atoms with Gasteiger partial charge < -0.3 is 10.1 Å². The van der Waals surface area contributed by atoms with E-state index in [-0.39, 0.29) is 16.6 Å². The average molecular weight is 434 g/mol. The van der Waals surface area contributed by atoms with Gasteiger partial charge in [0.25, 0.3) is 5.91 Å². The predicted molar refractivity (Wildman–Crippen MR) is 115 cm³/mol. The minimum Gasteiger partial charge on any atom is -0.484 e. The molecular weight excluding hydrogens is 410 g/mol. The number of hydrogen-bond donors (Lipinski definition) is 2. The molecule has 0 saturated carbocycles. The molecule has 9 heteroatoms. The number of piperidine rings is 1. The average Bonchev–Trinajstić information content (AvgIpc) is 2.74. The van der Waals surface area contributed by atoms with Gasteiger partial charge in [-0.2, -0.15) is 4.31 Å². The largest absolute Gasteiger partial charge is 0.484 e. The Morgan fingerprint density at radius 2 is 1.66 bits per heavy atom. The first-order valence-electron chi connectivity index (χ1n) is 9.34. The first-order chi connectivity index (χ1) is 13.9. The molecule has 1 aliphatic heterocycles. The van der Waals surface area contributed by atoms with E-state index in [4.69, 9.17) is 17.0 Å². The van der Waals surface area contributed by atoms with Crippen LogP contribution in [0.15, 0.2) is 59.5 Å². The molecule has 1 saturated heterocycles. The molecular formula is C20H23N3O4S2. The molecule has 0 bridgehead atoms. The van der Waals surface area contributed by atoms with Crippen LogP contribution in [0.1, 0.15) is 19.3 Å². The van der Waals surface area contributed by atoms with Crippen LogP contribution in [0.3, 0.4) is 0 Å². The third-order valence-corrected chi connectivity index (χ3v) is 6.55.